The van der Waals surface area contributed by atoms with E-state index in [4.69, 9.17) is 6.57 Å². The normalized spacial score (nSPS) is 11.6. The first-order chi connectivity index (χ1) is 14.9. The van der Waals surface area contributed by atoms with Crippen molar-refractivity contribution in [3.8, 4) is 11.3 Å². The molecule has 1 amide bonds. The number of nitrogens with zero attached hydrogens (tertiary/aromatic N) is 3. The minimum atomic E-state index is -0.559. The second kappa shape index (κ2) is 8.16. The third-order valence-corrected chi connectivity index (χ3v) is 4.83. The molecule has 31 heavy (non-hydrogen) atoms. The molecule has 0 fully saturated rings. The van der Waals surface area contributed by atoms with Crippen LogP contribution in [0.2, 0.25) is 0 Å². The molecule has 1 unspecified atom stereocenters. The van der Waals surface area contributed by atoms with E-state index < -0.39 is 17.5 Å². The molecule has 0 saturated carbocycles. The van der Waals surface area contributed by atoms with Gasteiger partial charge in [0.1, 0.15) is 17.0 Å². The van der Waals surface area contributed by atoms with Gasteiger partial charge in [0.2, 0.25) is 5.69 Å². The third kappa shape index (κ3) is 4.16. The summed E-state index contributed by atoms with van der Waals surface area (Å²) in [4.78, 5) is 39.6. The predicted molar refractivity (Wildman–Crippen MR) is 114 cm³/mol. The van der Waals surface area contributed by atoms with E-state index in [1.165, 1.54) is 24.4 Å². The lowest BCUT2D eigenvalue weighted by Gasteiger charge is -2.14. The summed E-state index contributed by atoms with van der Waals surface area (Å²) in [6.45, 7) is 8.76. The van der Waals surface area contributed by atoms with E-state index in [9.17, 15) is 14.0 Å². The maximum atomic E-state index is 13.1. The maximum absolute atomic E-state index is 13.1. The monoisotopic (exact) mass is 413 g/mol. The molecule has 8 heteroatoms. The molecule has 3 heterocycles. The van der Waals surface area contributed by atoms with Crippen molar-refractivity contribution in [2.24, 2.45) is 0 Å². The van der Waals surface area contributed by atoms with Gasteiger partial charge in [0.05, 0.1) is 18.3 Å². The van der Waals surface area contributed by atoms with Crippen molar-refractivity contribution >= 4 is 22.6 Å². The van der Waals surface area contributed by atoms with E-state index in [1.54, 1.807) is 43.5 Å². The SMILES string of the molecule is [C-]#[N+]c1ccc(-c2cnc3[nH]c(=O)c(C(=O)NC(C)c4ccc(F)cc4)cc3c2)nc1. The average Bonchev–Trinajstić information content (AvgIpc) is 2.78. The molecule has 2 N–H and O–H groups in total. The molecular formula is C23H16FN5O2. The maximum Gasteiger partial charge on any atom is 0.262 e. The number of aromatic nitrogens is 3. The van der Waals surface area contributed by atoms with Gasteiger partial charge in [-0.2, -0.15) is 0 Å². The molecule has 4 rings (SSSR count). The fourth-order valence-corrected chi connectivity index (χ4v) is 3.13. The van der Waals surface area contributed by atoms with Crippen molar-refractivity contribution in [3.05, 3.63) is 99.6 Å². The van der Waals surface area contributed by atoms with Gasteiger partial charge in [0.15, 0.2) is 0 Å². The number of H-pyrrole nitrogens is 1. The van der Waals surface area contributed by atoms with Crippen molar-refractivity contribution in [1.82, 2.24) is 20.3 Å². The second-order valence-corrected chi connectivity index (χ2v) is 6.93. The van der Waals surface area contributed by atoms with E-state index in [0.29, 0.717) is 33.5 Å². The first-order valence-corrected chi connectivity index (χ1v) is 9.38. The van der Waals surface area contributed by atoms with Crippen LogP contribution < -0.4 is 10.9 Å². The van der Waals surface area contributed by atoms with Gasteiger partial charge in [0, 0.05) is 23.3 Å². The fourth-order valence-electron chi connectivity index (χ4n) is 3.13. The number of amides is 1. The number of fused-ring (bicyclic) bond motifs is 1. The van der Waals surface area contributed by atoms with Gasteiger partial charge in [-0.15, -0.1) is 0 Å². The molecule has 0 aliphatic heterocycles. The van der Waals surface area contributed by atoms with Crippen LogP contribution in [0.3, 0.4) is 0 Å². The Balaban J connectivity index is 1.64. The van der Waals surface area contributed by atoms with Crippen LogP contribution in [0.25, 0.3) is 27.1 Å². The topological polar surface area (TPSA) is 92.1 Å². The molecule has 0 aliphatic rings. The minimum Gasteiger partial charge on any atom is -0.345 e. The molecule has 152 valence electrons. The van der Waals surface area contributed by atoms with Gasteiger partial charge in [-0.3, -0.25) is 14.6 Å². The predicted octanol–water partition coefficient (Wildman–Crippen LogP) is 4.17. The quantitative estimate of drug-likeness (QED) is 0.491. The van der Waals surface area contributed by atoms with Gasteiger partial charge in [-0.25, -0.2) is 14.2 Å². The van der Waals surface area contributed by atoms with Crippen molar-refractivity contribution in [2.45, 2.75) is 13.0 Å². The smallest absolute Gasteiger partial charge is 0.262 e. The Morgan fingerprint density at radius 2 is 1.90 bits per heavy atom. The van der Waals surface area contributed by atoms with Crippen LogP contribution in [-0.4, -0.2) is 20.9 Å². The number of pyridine rings is 3. The summed E-state index contributed by atoms with van der Waals surface area (Å²) in [6.07, 6.45) is 3.03. The summed E-state index contributed by atoms with van der Waals surface area (Å²) in [7, 11) is 0. The lowest BCUT2D eigenvalue weighted by molar-refractivity contribution is 0.0938. The zero-order valence-corrected chi connectivity index (χ0v) is 16.4. The van der Waals surface area contributed by atoms with Crippen molar-refractivity contribution < 1.29 is 9.18 Å². The van der Waals surface area contributed by atoms with Crippen LogP contribution in [0.1, 0.15) is 28.9 Å². The van der Waals surface area contributed by atoms with Crippen LogP contribution >= 0.6 is 0 Å². The van der Waals surface area contributed by atoms with Crippen molar-refractivity contribution in [2.75, 3.05) is 0 Å². The number of halogens is 1. The molecule has 0 spiro atoms. The Morgan fingerprint density at radius 3 is 2.58 bits per heavy atom. The van der Waals surface area contributed by atoms with E-state index >= 15 is 0 Å². The van der Waals surface area contributed by atoms with Crippen LogP contribution in [0.15, 0.2) is 65.7 Å². The number of carbonyl (C=O) groups excluding carboxylic acids is 1. The summed E-state index contributed by atoms with van der Waals surface area (Å²) < 4.78 is 13.1. The van der Waals surface area contributed by atoms with Crippen LogP contribution in [0, 0.1) is 12.4 Å². The summed E-state index contributed by atoms with van der Waals surface area (Å²) in [5.74, 6) is -0.917. The number of carbonyl (C=O) groups is 1. The highest BCUT2D eigenvalue weighted by Crippen LogP contribution is 2.22. The Hall–Kier alpha value is -4.38. The van der Waals surface area contributed by atoms with Crippen LogP contribution in [-0.2, 0) is 0 Å². The van der Waals surface area contributed by atoms with E-state index in [2.05, 4.69) is 25.1 Å². The number of nitrogens with one attached hydrogen (secondary N) is 2. The number of hydrogen-bond donors (Lipinski definition) is 2. The fraction of sp³-hybridized carbons (Fsp3) is 0.0870. The Bertz CT molecular complexity index is 1370. The molecule has 0 radical (unpaired) electrons. The molecular weight excluding hydrogens is 397 g/mol. The van der Waals surface area contributed by atoms with Crippen molar-refractivity contribution in [1.29, 1.82) is 0 Å². The van der Waals surface area contributed by atoms with E-state index in [-0.39, 0.29) is 11.4 Å². The van der Waals surface area contributed by atoms with E-state index in [0.717, 1.165) is 0 Å². The lowest BCUT2D eigenvalue weighted by Crippen LogP contribution is -2.31. The zero-order valence-electron chi connectivity index (χ0n) is 16.4. The molecule has 3 aromatic heterocycles. The first kappa shape index (κ1) is 19.9. The molecule has 7 nitrogen and oxygen atoms in total. The summed E-state index contributed by atoms with van der Waals surface area (Å²) in [6, 6.07) is 12.0. The van der Waals surface area contributed by atoms with E-state index in [1.807, 2.05) is 0 Å². The second-order valence-electron chi connectivity index (χ2n) is 6.93. The molecule has 4 aromatic rings. The standard InChI is InChI=1S/C23H16FN5O2/c1-13(14-3-5-17(24)6-4-14)28-22(30)19-10-15-9-16(11-27-21(15)29-23(19)31)20-8-7-18(25-2)12-26-20/h3-13H,1H3,(H,28,30)(H,27,29,31). The highest BCUT2D eigenvalue weighted by Gasteiger charge is 2.16. The lowest BCUT2D eigenvalue weighted by atomic mass is 10.1. The van der Waals surface area contributed by atoms with Gasteiger partial charge in [-0.05, 0) is 42.8 Å². The summed E-state index contributed by atoms with van der Waals surface area (Å²) in [5.41, 5.74) is 2.16. The van der Waals surface area contributed by atoms with Crippen LogP contribution in [0.5, 0.6) is 0 Å². The third-order valence-electron chi connectivity index (χ3n) is 4.83. The van der Waals surface area contributed by atoms with Gasteiger partial charge < -0.3 is 10.3 Å². The van der Waals surface area contributed by atoms with Crippen molar-refractivity contribution in [3.63, 3.8) is 0 Å². The molecule has 0 bridgehead atoms. The molecule has 0 saturated heterocycles. The number of benzene rings is 1. The summed E-state index contributed by atoms with van der Waals surface area (Å²) >= 11 is 0. The number of hydrogen-bond acceptors (Lipinski definition) is 4. The Labute approximate surface area is 176 Å². The van der Waals surface area contributed by atoms with Gasteiger partial charge >= 0.3 is 0 Å². The molecule has 1 aromatic carbocycles. The van der Waals surface area contributed by atoms with Gasteiger partial charge in [-0.1, -0.05) is 18.2 Å². The average molecular weight is 413 g/mol. The first-order valence-electron chi connectivity index (χ1n) is 9.38. The highest BCUT2D eigenvalue weighted by molar-refractivity contribution is 5.97. The number of aromatic amines is 1. The largest absolute Gasteiger partial charge is 0.345 e. The zero-order chi connectivity index (χ0) is 22.0. The van der Waals surface area contributed by atoms with Gasteiger partial charge in [0.25, 0.3) is 11.5 Å². The minimum absolute atomic E-state index is 0.0586. The summed E-state index contributed by atoms with van der Waals surface area (Å²) in [5, 5.41) is 3.32. The van der Waals surface area contributed by atoms with Crippen LogP contribution in [0.4, 0.5) is 10.1 Å². The Kier molecular flexibility index (Phi) is 5.24. The molecule has 1 atom stereocenters. The number of rotatable bonds is 4. The molecule has 0 aliphatic carbocycles. The highest BCUT2D eigenvalue weighted by atomic mass is 19.1. The Morgan fingerprint density at radius 1 is 1.13 bits per heavy atom.